The molecule has 3 aromatic rings. The molecule has 0 spiro atoms. The van der Waals surface area contributed by atoms with Gasteiger partial charge in [-0.1, -0.05) is 26.0 Å². The molecule has 0 saturated carbocycles. The molecule has 34 heavy (non-hydrogen) atoms. The van der Waals surface area contributed by atoms with Crippen molar-refractivity contribution in [3.63, 3.8) is 0 Å². The number of nitrogens with one attached hydrogen (secondary N) is 2. The van der Waals surface area contributed by atoms with Crippen molar-refractivity contribution in [2.75, 3.05) is 38.2 Å². The van der Waals surface area contributed by atoms with Crippen molar-refractivity contribution in [3.05, 3.63) is 65.7 Å². The first-order chi connectivity index (χ1) is 16.6. The van der Waals surface area contributed by atoms with Crippen LogP contribution in [-0.4, -0.2) is 53.1 Å². The van der Waals surface area contributed by atoms with Crippen LogP contribution in [0.2, 0.25) is 0 Å². The number of benzene rings is 2. The van der Waals surface area contributed by atoms with Crippen LogP contribution in [0.5, 0.6) is 5.75 Å². The van der Waals surface area contributed by atoms with Crippen molar-refractivity contribution in [2.24, 2.45) is 0 Å². The average molecular weight is 462 g/mol. The van der Waals surface area contributed by atoms with E-state index in [-0.39, 0.29) is 0 Å². The Balaban J connectivity index is 1.61. The minimum Gasteiger partial charge on any atom is -0.500 e. The number of anilines is 1. The van der Waals surface area contributed by atoms with E-state index in [4.69, 9.17) is 19.9 Å². The van der Waals surface area contributed by atoms with E-state index in [0.29, 0.717) is 19.0 Å². The molecule has 7 heteroatoms. The van der Waals surface area contributed by atoms with Crippen LogP contribution in [0.25, 0.3) is 11.0 Å². The zero-order valence-electron chi connectivity index (χ0n) is 20.4. The molecule has 0 atom stereocenters. The third kappa shape index (κ3) is 5.59. The fraction of sp³-hybridized carbons (Fsp3) is 0.407. The Kier molecular flexibility index (Phi) is 7.85. The Morgan fingerprint density at radius 2 is 1.94 bits per heavy atom. The summed E-state index contributed by atoms with van der Waals surface area (Å²) in [5.74, 6) is 2.32. The molecule has 0 unspecified atom stereocenters. The molecule has 1 aromatic heterocycles. The molecule has 0 bridgehead atoms. The third-order valence-corrected chi connectivity index (χ3v) is 6.26. The van der Waals surface area contributed by atoms with E-state index in [9.17, 15) is 0 Å². The Hall–Kier alpha value is -3.32. The minimum absolute atomic E-state index is 0.382. The van der Waals surface area contributed by atoms with Gasteiger partial charge in [0.25, 0.3) is 0 Å². The highest BCUT2D eigenvalue weighted by Gasteiger charge is 2.15. The highest BCUT2D eigenvalue weighted by atomic mass is 16.5. The molecule has 4 rings (SSSR count). The maximum absolute atomic E-state index is 8.33. The van der Waals surface area contributed by atoms with Gasteiger partial charge in [0.2, 0.25) is 0 Å². The highest BCUT2D eigenvalue weighted by Crippen LogP contribution is 2.24. The molecular weight excluding hydrogens is 426 g/mol. The zero-order chi connectivity index (χ0) is 23.9. The summed E-state index contributed by atoms with van der Waals surface area (Å²) in [4.78, 5) is 7.46. The van der Waals surface area contributed by atoms with E-state index in [1.807, 2.05) is 31.2 Å². The number of amidine groups is 1. The molecule has 0 radical (unpaired) electrons. The molecule has 2 aromatic carbocycles. The van der Waals surface area contributed by atoms with Crippen molar-refractivity contribution < 1.29 is 9.47 Å². The van der Waals surface area contributed by atoms with Gasteiger partial charge in [-0.25, -0.2) is 4.98 Å². The van der Waals surface area contributed by atoms with Gasteiger partial charge in [-0.15, -0.1) is 0 Å². The lowest BCUT2D eigenvalue weighted by Crippen LogP contribution is -2.27. The largest absolute Gasteiger partial charge is 0.500 e. The highest BCUT2D eigenvalue weighted by molar-refractivity contribution is 6.06. The van der Waals surface area contributed by atoms with E-state index in [2.05, 4.69) is 46.8 Å². The molecule has 0 fully saturated rings. The maximum atomic E-state index is 8.33. The zero-order valence-corrected chi connectivity index (χ0v) is 20.4. The first kappa shape index (κ1) is 23.8. The summed E-state index contributed by atoms with van der Waals surface area (Å²) in [6, 6.07) is 14.5. The van der Waals surface area contributed by atoms with Gasteiger partial charge < -0.3 is 24.3 Å². The van der Waals surface area contributed by atoms with Crippen molar-refractivity contribution in [1.82, 2.24) is 14.5 Å². The second-order valence-corrected chi connectivity index (χ2v) is 8.43. The third-order valence-electron chi connectivity index (χ3n) is 6.26. The number of hydrogen-bond acceptors (Lipinski definition) is 5. The second kappa shape index (κ2) is 11.2. The quantitative estimate of drug-likeness (QED) is 0.308. The lowest BCUT2D eigenvalue weighted by molar-refractivity contribution is 0.281. The topological polar surface area (TPSA) is 75.4 Å². The van der Waals surface area contributed by atoms with E-state index < -0.39 is 0 Å². The number of fused-ring (bicyclic) bond motifs is 1. The Bertz CT molecular complexity index is 1150. The second-order valence-electron chi connectivity index (χ2n) is 8.43. The van der Waals surface area contributed by atoms with Gasteiger partial charge in [0.05, 0.1) is 30.5 Å². The Labute approximate surface area is 201 Å². The molecule has 2 N–H and O–H groups in total. The summed E-state index contributed by atoms with van der Waals surface area (Å²) in [5, 5.41) is 11.5. The fourth-order valence-electron chi connectivity index (χ4n) is 4.27. The van der Waals surface area contributed by atoms with Gasteiger partial charge in [-0.3, -0.25) is 5.41 Å². The number of nitrogens with zero attached hydrogens (tertiary/aromatic N) is 3. The van der Waals surface area contributed by atoms with Gasteiger partial charge in [0.15, 0.2) is 0 Å². The summed E-state index contributed by atoms with van der Waals surface area (Å²) >= 11 is 0. The maximum Gasteiger partial charge on any atom is 0.128 e. The van der Waals surface area contributed by atoms with Crippen molar-refractivity contribution in [2.45, 2.75) is 40.2 Å². The minimum atomic E-state index is 0.382. The number of hydrogen-bond donors (Lipinski definition) is 2. The number of rotatable bonds is 11. The number of aromatic nitrogens is 2. The predicted octanol–water partition coefficient (Wildman–Crippen LogP) is 5.06. The summed E-state index contributed by atoms with van der Waals surface area (Å²) in [5.41, 5.74) is 5.02. The predicted molar refractivity (Wildman–Crippen MR) is 138 cm³/mol. The molecule has 180 valence electrons. The van der Waals surface area contributed by atoms with Crippen LogP contribution < -0.4 is 10.1 Å². The standard InChI is InChI=1S/C27H35N5O2/c1-4-31(5-2)14-15-32-25-12-9-22(29-27(28)21-13-16-33-19-21)18-24(25)30-26(32)17-20-7-10-23(11-8-20)34-6-3/h7-12,18-19H,4-6,13-17H2,1-3H3,(H2,28,29). The summed E-state index contributed by atoms with van der Waals surface area (Å²) in [6.07, 6.45) is 3.19. The normalized spacial score (nSPS) is 13.2. The molecular formula is C27H35N5O2. The number of likely N-dealkylation sites (N-methyl/N-ethyl adjacent to an activating group) is 1. The first-order valence-electron chi connectivity index (χ1n) is 12.2. The van der Waals surface area contributed by atoms with Crippen LogP contribution in [0.15, 0.2) is 54.3 Å². The van der Waals surface area contributed by atoms with Gasteiger partial charge in [-0.2, -0.15) is 0 Å². The van der Waals surface area contributed by atoms with Crippen molar-refractivity contribution >= 4 is 22.6 Å². The van der Waals surface area contributed by atoms with E-state index in [1.54, 1.807) is 6.26 Å². The molecule has 0 aliphatic carbocycles. The lowest BCUT2D eigenvalue weighted by Gasteiger charge is -2.19. The van der Waals surface area contributed by atoms with Crippen LogP contribution in [0.4, 0.5) is 5.69 Å². The van der Waals surface area contributed by atoms with Crippen molar-refractivity contribution in [3.8, 4) is 5.75 Å². The molecule has 1 aliphatic heterocycles. The number of ether oxygens (including phenoxy) is 2. The smallest absolute Gasteiger partial charge is 0.128 e. The van der Waals surface area contributed by atoms with Crippen LogP contribution in [0.3, 0.4) is 0 Å². The monoisotopic (exact) mass is 461 g/mol. The van der Waals surface area contributed by atoms with Crippen LogP contribution >= 0.6 is 0 Å². The van der Waals surface area contributed by atoms with Crippen molar-refractivity contribution in [1.29, 1.82) is 5.41 Å². The van der Waals surface area contributed by atoms with Gasteiger partial charge in [0, 0.05) is 37.2 Å². The Morgan fingerprint density at radius 1 is 1.15 bits per heavy atom. The summed E-state index contributed by atoms with van der Waals surface area (Å²) < 4.78 is 13.2. The van der Waals surface area contributed by atoms with Crippen LogP contribution in [-0.2, 0) is 17.7 Å². The molecule has 1 aliphatic rings. The number of imidazole rings is 1. The van der Waals surface area contributed by atoms with Crippen LogP contribution in [0.1, 0.15) is 38.6 Å². The SMILES string of the molecule is CCOc1ccc(Cc2nc3cc(NC(=N)C4=COCC4)ccc3n2CCN(CC)CC)cc1. The fourth-order valence-corrected chi connectivity index (χ4v) is 4.27. The van der Waals surface area contributed by atoms with E-state index in [0.717, 1.165) is 72.9 Å². The summed E-state index contributed by atoms with van der Waals surface area (Å²) in [6.45, 7) is 11.6. The van der Waals surface area contributed by atoms with E-state index in [1.165, 1.54) is 5.56 Å². The molecule has 0 saturated heterocycles. The van der Waals surface area contributed by atoms with Gasteiger partial charge >= 0.3 is 0 Å². The average Bonchev–Trinajstić information content (AvgIpc) is 3.50. The lowest BCUT2D eigenvalue weighted by atomic mass is 10.1. The van der Waals surface area contributed by atoms with E-state index >= 15 is 0 Å². The summed E-state index contributed by atoms with van der Waals surface area (Å²) in [7, 11) is 0. The molecule has 0 amide bonds. The molecule has 2 heterocycles. The first-order valence-corrected chi connectivity index (χ1v) is 12.2. The van der Waals surface area contributed by atoms with Gasteiger partial charge in [-0.05, 0) is 55.9 Å². The molecule has 7 nitrogen and oxygen atoms in total. The van der Waals surface area contributed by atoms with Crippen LogP contribution in [0, 0.1) is 5.41 Å². The van der Waals surface area contributed by atoms with Gasteiger partial charge in [0.1, 0.15) is 17.4 Å². The Morgan fingerprint density at radius 3 is 2.62 bits per heavy atom.